The first-order valence-electron chi connectivity index (χ1n) is 4.98. The molecule has 0 spiro atoms. The van der Waals surface area contributed by atoms with Crippen LogP contribution in [0.3, 0.4) is 0 Å². The van der Waals surface area contributed by atoms with Gasteiger partial charge in [-0.2, -0.15) is 0 Å². The van der Waals surface area contributed by atoms with E-state index in [1.807, 2.05) is 0 Å². The van der Waals surface area contributed by atoms with Crippen molar-refractivity contribution in [3.8, 4) is 0 Å². The van der Waals surface area contributed by atoms with Crippen LogP contribution in [0.25, 0.3) is 10.9 Å². The molecular formula is C10H9BF3KN2O. The van der Waals surface area contributed by atoms with Gasteiger partial charge >= 0.3 is 58.4 Å². The molecule has 3 nitrogen and oxygen atoms in total. The summed E-state index contributed by atoms with van der Waals surface area (Å²) < 4.78 is 39.6. The van der Waals surface area contributed by atoms with Crippen LogP contribution in [0.15, 0.2) is 23.0 Å². The molecule has 0 fully saturated rings. The van der Waals surface area contributed by atoms with Gasteiger partial charge in [0.25, 0.3) is 5.56 Å². The topological polar surface area (TPSA) is 34.9 Å². The molecule has 0 aliphatic heterocycles. The summed E-state index contributed by atoms with van der Waals surface area (Å²) in [6.07, 6.45) is 0. The Morgan fingerprint density at radius 2 is 1.89 bits per heavy atom. The van der Waals surface area contributed by atoms with Crippen LogP contribution in [-0.4, -0.2) is 16.5 Å². The van der Waals surface area contributed by atoms with Crippen molar-refractivity contribution < 1.29 is 64.3 Å². The summed E-state index contributed by atoms with van der Waals surface area (Å²) in [5.74, 6) is 0.384. The molecule has 0 atom stereocenters. The normalized spacial score (nSPS) is 11.4. The zero-order chi connectivity index (χ0) is 12.8. The van der Waals surface area contributed by atoms with Crippen molar-refractivity contribution in [2.75, 3.05) is 0 Å². The van der Waals surface area contributed by atoms with E-state index in [0.29, 0.717) is 5.82 Å². The molecule has 0 aliphatic rings. The van der Waals surface area contributed by atoms with Crippen molar-refractivity contribution in [1.82, 2.24) is 9.55 Å². The number of hydrogen-bond donors (Lipinski definition) is 0. The van der Waals surface area contributed by atoms with E-state index in [1.165, 1.54) is 19.2 Å². The number of halogens is 3. The molecule has 2 aromatic rings. The Hall–Kier alpha value is -0.149. The summed E-state index contributed by atoms with van der Waals surface area (Å²) in [5.41, 5.74) is -1.46. The summed E-state index contributed by atoms with van der Waals surface area (Å²) in [5, 5.41) is -0.354. The molecule has 0 radical (unpaired) electrons. The van der Waals surface area contributed by atoms with E-state index < -0.39 is 18.0 Å². The van der Waals surface area contributed by atoms with Gasteiger partial charge in [-0.15, -0.1) is 0 Å². The maximum atomic E-state index is 12.8. The van der Waals surface area contributed by atoms with Gasteiger partial charge in [-0.05, 0) is 13.0 Å². The fourth-order valence-electron chi connectivity index (χ4n) is 1.72. The van der Waals surface area contributed by atoms with Gasteiger partial charge in [0.05, 0.1) is 5.52 Å². The van der Waals surface area contributed by atoms with Gasteiger partial charge in [0.1, 0.15) is 5.82 Å². The first-order chi connectivity index (χ1) is 7.82. The minimum atomic E-state index is -5.21. The smallest absolute Gasteiger partial charge is 0.445 e. The molecule has 0 saturated heterocycles. The molecule has 18 heavy (non-hydrogen) atoms. The number of nitrogens with zero attached hydrogens (tertiary/aromatic N) is 2. The van der Waals surface area contributed by atoms with E-state index in [4.69, 9.17) is 0 Å². The van der Waals surface area contributed by atoms with Crippen molar-refractivity contribution >= 4 is 23.3 Å². The van der Waals surface area contributed by atoms with Gasteiger partial charge in [-0.3, -0.25) is 9.36 Å². The average Bonchev–Trinajstić information content (AvgIpc) is 2.24. The maximum Gasteiger partial charge on any atom is 1.00 e. The summed E-state index contributed by atoms with van der Waals surface area (Å²) >= 11 is 0. The quantitative estimate of drug-likeness (QED) is 0.584. The molecule has 1 aromatic heterocycles. The van der Waals surface area contributed by atoms with Gasteiger partial charge in [0, 0.05) is 12.4 Å². The first-order valence-corrected chi connectivity index (χ1v) is 4.98. The van der Waals surface area contributed by atoms with Crippen molar-refractivity contribution in [1.29, 1.82) is 0 Å². The van der Waals surface area contributed by atoms with Crippen LogP contribution >= 0.6 is 0 Å². The molecule has 0 bridgehead atoms. The minimum absolute atomic E-state index is 0. The van der Waals surface area contributed by atoms with Gasteiger partial charge in [0.2, 0.25) is 0 Å². The second-order valence-electron chi connectivity index (χ2n) is 3.84. The zero-order valence-corrected chi connectivity index (χ0v) is 13.4. The van der Waals surface area contributed by atoms with Gasteiger partial charge in [-0.25, -0.2) is 4.98 Å². The van der Waals surface area contributed by atoms with E-state index in [2.05, 4.69) is 4.98 Å². The average molecular weight is 280 g/mol. The Labute approximate surface area is 144 Å². The van der Waals surface area contributed by atoms with Crippen LogP contribution in [-0.2, 0) is 7.05 Å². The Balaban J connectivity index is 0.00000162. The van der Waals surface area contributed by atoms with Gasteiger partial charge in [-0.1, -0.05) is 17.6 Å². The predicted molar refractivity (Wildman–Crippen MR) is 60.4 cm³/mol. The van der Waals surface area contributed by atoms with Crippen LogP contribution in [0.5, 0.6) is 0 Å². The molecule has 0 unspecified atom stereocenters. The largest absolute Gasteiger partial charge is 1.00 e. The number of aromatic nitrogens is 2. The summed E-state index contributed by atoms with van der Waals surface area (Å²) in [6, 6.07) is 3.59. The van der Waals surface area contributed by atoms with E-state index in [-0.39, 0.29) is 62.3 Å². The van der Waals surface area contributed by atoms with Crippen LogP contribution in [0.2, 0.25) is 0 Å². The second kappa shape index (κ2) is 5.46. The van der Waals surface area contributed by atoms with E-state index in [9.17, 15) is 17.7 Å². The molecule has 90 valence electrons. The summed E-state index contributed by atoms with van der Waals surface area (Å²) in [7, 11) is 1.41. The molecule has 2 rings (SSSR count). The fraction of sp³-hybridized carbons (Fsp3) is 0.200. The Bertz CT molecular complexity index is 654. The van der Waals surface area contributed by atoms with Crippen LogP contribution in [0.1, 0.15) is 5.82 Å². The molecule has 0 amide bonds. The van der Waals surface area contributed by atoms with Crippen molar-refractivity contribution in [2.24, 2.45) is 7.05 Å². The van der Waals surface area contributed by atoms with Crippen molar-refractivity contribution in [3.05, 3.63) is 34.4 Å². The third-order valence-corrected chi connectivity index (χ3v) is 2.71. The number of fused-ring (bicyclic) bond motifs is 1. The number of hydrogen-bond acceptors (Lipinski definition) is 2. The third kappa shape index (κ3) is 2.72. The van der Waals surface area contributed by atoms with Crippen LogP contribution in [0, 0.1) is 6.92 Å². The van der Waals surface area contributed by atoms with Crippen LogP contribution in [0.4, 0.5) is 12.9 Å². The van der Waals surface area contributed by atoms with Crippen molar-refractivity contribution in [2.45, 2.75) is 6.92 Å². The Kier molecular flexibility index (Phi) is 4.82. The van der Waals surface area contributed by atoms with E-state index in [1.54, 1.807) is 6.92 Å². The summed E-state index contributed by atoms with van der Waals surface area (Å²) in [4.78, 5) is 15.8. The SMILES string of the molecule is Cc1nc2cccc([B-](F)(F)F)c2c(=O)n1C.[K+]. The Morgan fingerprint density at radius 1 is 1.28 bits per heavy atom. The minimum Gasteiger partial charge on any atom is -0.445 e. The van der Waals surface area contributed by atoms with Gasteiger partial charge < -0.3 is 12.9 Å². The Morgan fingerprint density at radius 3 is 2.44 bits per heavy atom. The molecule has 1 heterocycles. The molecular weight excluding hydrogens is 271 g/mol. The molecule has 0 N–H and O–H groups in total. The van der Waals surface area contributed by atoms with E-state index in [0.717, 1.165) is 10.6 Å². The number of rotatable bonds is 1. The summed E-state index contributed by atoms with van der Waals surface area (Å²) in [6.45, 7) is -3.64. The fourth-order valence-corrected chi connectivity index (χ4v) is 1.72. The standard InChI is InChI=1S/C10H9BF3N2O.K/c1-6-15-8-5-3-4-7(11(12,13)14)9(8)10(17)16(6)2;/h3-5H,1-2H3;/q-1;+1. The molecule has 0 saturated carbocycles. The van der Waals surface area contributed by atoms with Gasteiger partial charge in [0.15, 0.2) is 0 Å². The molecule has 8 heteroatoms. The monoisotopic (exact) mass is 280 g/mol. The first kappa shape index (κ1) is 15.9. The zero-order valence-electron chi connectivity index (χ0n) is 10.2. The van der Waals surface area contributed by atoms with Crippen LogP contribution < -0.4 is 62.4 Å². The number of benzene rings is 1. The predicted octanol–water partition coefficient (Wildman–Crippen LogP) is -1.70. The molecule has 0 aliphatic carbocycles. The number of aryl methyl sites for hydroxylation is 1. The van der Waals surface area contributed by atoms with Crippen molar-refractivity contribution in [3.63, 3.8) is 0 Å². The maximum absolute atomic E-state index is 12.8. The third-order valence-electron chi connectivity index (χ3n) is 2.71. The molecule has 1 aromatic carbocycles. The van der Waals surface area contributed by atoms with E-state index >= 15 is 0 Å². The second-order valence-corrected chi connectivity index (χ2v) is 3.84.